The van der Waals surface area contributed by atoms with E-state index in [1.807, 2.05) is 23.5 Å². The fourth-order valence-electron chi connectivity index (χ4n) is 1.71. The Labute approximate surface area is 106 Å². The van der Waals surface area contributed by atoms with Gasteiger partial charge < -0.3 is 11.1 Å². The van der Waals surface area contributed by atoms with Crippen molar-refractivity contribution in [2.24, 2.45) is 0 Å². The summed E-state index contributed by atoms with van der Waals surface area (Å²) in [6.07, 6.45) is 1.05. The van der Waals surface area contributed by atoms with E-state index in [1.165, 1.54) is 15.3 Å². The summed E-state index contributed by atoms with van der Waals surface area (Å²) < 4.78 is 0. The molecule has 3 N–H and O–H groups in total. The van der Waals surface area contributed by atoms with Crippen molar-refractivity contribution in [3.8, 4) is 0 Å². The minimum absolute atomic E-state index is 0.829. The van der Waals surface area contributed by atoms with E-state index >= 15 is 0 Å². The van der Waals surface area contributed by atoms with Crippen LogP contribution in [0.3, 0.4) is 0 Å². The van der Waals surface area contributed by atoms with Crippen molar-refractivity contribution in [1.82, 2.24) is 5.32 Å². The van der Waals surface area contributed by atoms with Gasteiger partial charge in [-0.05, 0) is 49.7 Å². The number of nitrogen functional groups attached to an aromatic ring is 1. The molecule has 2 nitrogen and oxygen atoms in total. The van der Waals surface area contributed by atoms with Gasteiger partial charge in [-0.2, -0.15) is 0 Å². The summed E-state index contributed by atoms with van der Waals surface area (Å²) in [6, 6.07) is 12.5. The highest BCUT2D eigenvalue weighted by Crippen LogP contribution is 2.14. The molecule has 2 rings (SSSR count). The van der Waals surface area contributed by atoms with E-state index in [2.05, 4.69) is 36.5 Å². The normalized spacial score (nSPS) is 10.6. The van der Waals surface area contributed by atoms with Gasteiger partial charge in [-0.15, -0.1) is 11.3 Å². The number of hydrogen-bond acceptors (Lipinski definition) is 3. The van der Waals surface area contributed by atoms with Crippen LogP contribution in [-0.4, -0.2) is 6.54 Å². The number of aryl methyl sites for hydroxylation is 1. The van der Waals surface area contributed by atoms with Crippen molar-refractivity contribution < 1.29 is 0 Å². The molecule has 0 aliphatic carbocycles. The second kappa shape index (κ2) is 5.84. The first-order valence-corrected chi connectivity index (χ1v) is 6.66. The lowest BCUT2D eigenvalue weighted by Crippen LogP contribution is -2.15. The molecule has 0 radical (unpaired) electrons. The van der Waals surface area contributed by atoms with Gasteiger partial charge in [0.05, 0.1) is 0 Å². The zero-order valence-electron chi connectivity index (χ0n) is 10.1. The van der Waals surface area contributed by atoms with Crippen LogP contribution in [0.2, 0.25) is 0 Å². The first kappa shape index (κ1) is 12.1. The van der Waals surface area contributed by atoms with Crippen molar-refractivity contribution in [2.45, 2.75) is 19.9 Å². The van der Waals surface area contributed by atoms with Gasteiger partial charge in [0.25, 0.3) is 0 Å². The molecule has 0 bridgehead atoms. The molecule has 17 heavy (non-hydrogen) atoms. The minimum Gasteiger partial charge on any atom is -0.399 e. The predicted molar refractivity (Wildman–Crippen MR) is 75.3 cm³/mol. The lowest BCUT2D eigenvalue weighted by atomic mass is 10.1. The van der Waals surface area contributed by atoms with Crippen LogP contribution in [0.4, 0.5) is 5.69 Å². The van der Waals surface area contributed by atoms with E-state index in [1.54, 1.807) is 0 Å². The van der Waals surface area contributed by atoms with Gasteiger partial charge in [-0.25, -0.2) is 0 Å². The molecule has 1 aromatic heterocycles. The highest BCUT2D eigenvalue weighted by atomic mass is 32.1. The van der Waals surface area contributed by atoms with Gasteiger partial charge >= 0.3 is 0 Å². The Kier molecular flexibility index (Phi) is 4.18. The van der Waals surface area contributed by atoms with Crippen LogP contribution in [0.1, 0.15) is 15.3 Å². The molecule has 0 unspecified atom stereocenters. The number of hydrogen-bond donors (Lipinski definition) is 2. The molecule has 0 aliphatic heterocycles. The van der Waals surface area contributed by atoms with Crippen molar-refractivity contribution >= 4 is 17.0 Å². The largest absolute Gasteiger partial charge is 0.399 e. The van der Waals surface area contributed by atoms with Gasteiger partial charge in [0, 0.05) is 22.0 Å². The molecule has 0 atom stereocenters. The van der Waals surface area contributed by atoms with Crippen molar-refractivity contribution in [3.63, 3.8) is 0 Å². The maximum absolute atomic E-state index is 5.65. The van der Waals surface area contributed by atoms with Crippen LogP contribution in [0, 0.1) is 6.92 Å². The highest BCUT2D eigenvalue weighted by molar-refractivity contribution is 7.11. The summed E-state index contributed by atoms with van der Waals surface area (Å²) in [6.45, 7) is 4.11. The smallest absolute Gasteiger partial charge is 0.0314 e. The van der Waals surface area contributed by atoms with Crippen LogP contribution in [0.5, 0.6) is 0 Å². The van der Waals surface area contributed by atoms with Crippen LogP contribution >= 0.6 is 11.3 Å². The zero-order chi connectivity index (χ0) is 12.1. The number of nitrogens with two attached hydrogens (primary N) is 1. The van der Waals surface area contributed by atoms with Crippen LogP contribution in [0.15, 0.2) is 36.4 Å². The van der Waals surface area contributed by atoms with E-state index in [0.717, 1.165) is 25.2 Å². The Hall–Kier alpha value is -1.32. The van der Waals surface area contributed by atoms with Crippen molar-refractivity contribution in [1.29, 1.82) is 0 Å². The predicted octanol–water partition coefficient (Wildman–Crippen LogP) is 2.97. The van der Waals surface area contributed by atoms with E-state index in [0.29, 0.717) is 0 Å². The number of thiophene rings is 1. The van der Waals surface area contributed by atoms with Crippen LogP contribution in [-0.2, 0) is 13.0 Å². The van der Waals surface area contributed by atoms with E-state index in [-0.39, 0.29) is 0 Å². The Balaban J connectivity index is 1.71. The monoisotopic (exact) mass is 246 g/mol. The van der Waals surface area contributed by atoms with Crippen molar-refractivity contribution in [2.75, 3.05) is 12.3 Å². The molecule has 0 fully saturated rings. The highest BCUT2D eigenvalue weighted by Gasteiger charge is 1.96. The summed E-state index contributed by atoms with van der Waals surface area (Å²) >= 11 is 1.86. The average Bonchev–Trinajstić information content (AvgIpc) is 2.73. The van der Waals surface area contributed by atoms with Gasteiger partial charge in [0.15, 0.2) is 0 Å². The Bertz CT molecular complexity index is 459. The fourth-order valence-corrected chi connectivity index (χ4v) is 2.57. The molecule has 0 saturated carbocycles. The van der Waals surface area contributed by atoms with Crippen LogP contribution in [0.25, 0.3) is 0 Å². The van der Waals surface area contributed by atoms with Crippen molar-refractivity contribution in [3.05, 3.63) is 51.7 Å². The molecule has 0 saturated heterocycles. The van der Waals surface area contributed by atoms with Gasteiger partial charge in [-0.3, -0.25) is 0 Å². The molecule has 0 spiro atoms. The molecule has 0 amide bonds. The summed E-state index contributed by atoms with van der Waals surface area (Å²) in [5.74, 6) is 0. The third-order valence-corrected chi connectivity index (χ3v) is 3.67. The van der Waals surface area contributed by atoms with E-state index in [4.69, 9.17) is 5.73 Å². The summed E-state index contributed by atoms with van der Waals surface area (Å²) in [5, 5.41) is 3.46. The number of benzene rings is 1. The SMILES string of the molecule is Cc1ccc(CNCCc2ccc(N)cc2)s1. The molecule has 1 aromatic carbocycles. The number of anilines is 1. The number of rotatable bonds is 5. The third kappa shape index (κ3) is 3.88. The summed E-state index contributed by atoms with van der Waals surface area (Å²) in [4.78, 5) is 2.78. The standard InChI is InChI=1S/C14H18N2S/c1-11-2-7-14(17-11)10-16-9-8-12-3-5-13(15)6-4-12/h2-7,16H,8-10,15H2,1H3. The second-order valence-electron chi connectivity index (χ2n) is 4.18. The van der Waals surface area contributed by atoms with Gasteiger partial charge in [0.1, 0.15) is 0 Å². The Morgan fingerprint density at radius 2 is 1.88 bits per heavy atom. The lowest BCUT2D eigenvalue weighted by molar-refractivity contribution is 0.693. The topological polar surface area (TPSA) is 38.0 Å². The Morgan fingerprint density at radius 3 is 2.53 bits per heavy atom. The molecule has 1 heterocycles. The van der Waals surface area contributed by atoms with Gasteiger partial charge in [-0.1, -0.05) is 12.1 Å². The molecule has 0 aliphatic rings. The van der Waals surface area contributed by atoms with Crippen LogP contribution < -0.4 is 11.1 Å². The van der Waals surface area contributed by atoms with Gasteiger partial charge in [0.2, 0.25) is 0 Å². The van der Waals surface area contributed by atoms with E-state index in [9.17, 15) is 0 Å². The second-order valence-corrected chi connectivity index (χ2v) is 5.55. The maximum Gasteiger partial charge on any atom is 0.0314 e. The fraction of sp³-hybridized carbons (Fsp3) is 0.286. The maximum atomic E-state index is 5.65. The molecular formula is C14H18N2S. The average molecular weight is 246 g/mol. The summed E-state index contributed by atoms with van der Waals surface area (Å²) in [5.41, 5.74) is 7.80. The molecular weight excluding hydrogens is 228 g/mol. The quantitative estimate of drug-likeness (QED) is 0.629. The zero-order valence-corrected chi connectivity index (χ0v) is 10.9. The first-order valence-electron chi connectivity index (χ1n) is 5.84. The van der Waals surface area contributed by atoms with E-state index < -0.39 is 0 Å². The third-order valence-electron chi connectivity index (χ3n) is 2.67. The minimum atomic E-state index is 0.829. The Morgan fingerprint density at radius 1 is 1.12 bits per heavy atom. The molecule has 2 aromatic rings. The first-order chi connectivity index (χ1) is 8.24. The lowest BCUT2D eigenvalue weighted by Gasteiger charge is -2.04. The molecule has 3 heteroatoms. The summed E-state index contributed by atoms with van der Waals surface area (Å²) in [7, 11) is 0. The number of nitrogens with one attached hydrogen (secondary N) is 1. The molecule has 90 valence electrons.